The molecule has 1 saturated carbocycles. The molecule has 7 nitrogen and oxygen atoms in total. The zero-order chi connectivity index (χ0) is 20.4. The molecular weight excluding hydrogens is 362 g/mol. The van der Waals surface area contributed by atoms with Crippen molar-refractivity contribution in [2.45, 2.75) is 32.7 Å². The lowest BCUT2D eigenvalue weighted by Crippen LogP contribution is -2.16. The standard InChI is InChI=1S/C21H25NO6/c1-12-10-16(13(2)22(12)14-6-7-14)17(23)11-28-21(24)15-8-9-18(25-3)20(27-5)19(15)26-4/h8-10,14H,6-7,11H2,1-5H3. The van der Waals surface area contributed by atoms with Crippen LogP contribution in [0.4, 0.5) is 0 Å². The Bertz CT molecular complexity index is 910. The van der Waals surface area contributed by atoms with Crippen molar-refractivity contribution < 1.29 is 28.5 Å². The highest BCUT2D eigenvalue weighted by molar-refractivity contribution is 6.01. The van der Waals surface area contributed by atoms with E-state index in [2.05, 4.69) is 4.57 Å². The van der Waals surface area contributed by atoms with Crippen molar-refractivity contribution in [3.05, 3.63) is 40.7 Å². The van der Waals surface area contributed by atoms with Gasteiger partial charge in [-0.15, -0.1) is 0 Å². The number of ketones is 1. The van der Waals surface area contributed by atoms with Gasteiger partial charge in [-0.1, -0.05) is 0 Å². The summed E-state index contributed by atoms with van der Waals surface area (Å²) in [6, 6.07) is 5.45. The maximum atomic E-state index is 12.6. The largest absolute Gasteiger partial charge is 0.493 e. The third-order valence-electron chi connectivity index (χ3n) is 4.96. The first-order valence-electron chi connectivity index (χ1n) is 9.10. The number of hydrogen-bond donors (Lipinski definition) is 0. The first-order valence-corrected chi connectivity index (χ1v) is 9.10. The van der Waals surface area contributed by atoms with Gasteiger partial charge in [0.2, 0.25) is 11.5 Å². The Labute approximate surface area is 164 Å². The molecule has 2 aromatic rings. The Kier molecular flexibility index (Phi) is 5.63. The summed E-state index contributed by atoms with van der Waals surface area (Å²) in [5.41, 5.74) is 2.73. The third-order valence-corrected chi connectivity index (χ3v) is 4.96. The van der Waals surface area contributed by atoms with Crippen LogP contribution in [-0.4, -0.2) is 44.3 Å². The maximum absolute atomic E-state index is 12.6. The van der Waals surface area contributed by atoms with Crippen molar-refractivity contribution >= 4 is 11.8 Å². The molecule has 0 unspecified atom stereocenters. The van der Waals surface area contributed by atoms with Crippen LogP contribution >= 0.6 is 0 Å². The van der Waals surface area contributed by atoms with Crippen LogP contribution in [0.3, 0.4) is 0 Å². The van der Waals surface area contributed by atoms with Crippen LogP contribution in [0.2, 0.25) is 0 Å². The molecule has 3 rings (SSSR count). The Morgan fingerprint density at radius 1 is 1.00 bits per heavy atom. The van der Waals surface area contributed by atoms with Crippen LogP contribution < -0.4 is 14.2 Å². The van der Waals surface area contributed by atoms with E-state index >= 15 is 0 Å². The van der Waals surface area contributed by atoms with Gasteiger partial charge in [0.1, 0.15) is 5.56 Å². The molecule has 7 heteroatoms. The van der Waals surface area contributed by atoms with Crippen molar-refractivity contribution in [1.29, 1.82) is 0 Å². The molecule has 1 aromatic carbocycles. The smallest absolute Gasteiger partial charge is 0.342 e. The fourth-order valence-corrected chi connectivity index (χ4v) is 3.50. The zero-order valence-corrected chi connectivity index (χ0v) is 16.8. The first-order chi connectivity index (χ1) is 13.4. The zero-order valence-electron chi connectivity index (χ0n) is 16.8. The number of hydrogen-bond acceptors (Lipinski definition) is 6. The van der Waals surface area contributed by atoms with Gasteiger partial charge < -0.3 is 23.5 Å². The topological polar surface area (TPSA) is 76.0 Å². The van der Waals surface area contributed by atoms with Crippen LogP contribution in [0.25, 0.3) is 0 Å². The number of aromatic nitrogens is 1. The summed E-state index contributed by atoms with van der Waals surface area (Å²) in [6.45, 7) is 3.58. The molecule has 1 aliphatic rings. The first kappa shape index (κ1) is 19.8. The third kappa shape index (κ3) is 3.56. The Hall–Kier alpha value is -2.96. The number of Topliss-reactive ketones (excluding diaryl/α,β-unsaturated/α-hetero) is 1. The van der Waals surface area contributed by atoms with E-state index in [1.807, 2.05) is 19.9 Å². The summed E-state index contributed by atoms with van der Waals surface area (Å²) < 4.78 is 23.2. The average Bonchev–Trinajstić information content (AvgIpc) is 3.48. The van der Waals surface area contributed by atoms with Gasteiger partial charge in [0.05, 0.1) is 21.3 Å². The summed E-state index contributed by atoms with van der Waals surface area (Å²) in [6.07, 6.45) is 2.27. The lowest BCUT2D eigenvalue weighted by atomic mass is 10.1. The maximum Gasteiger partial charge on any atom is 0.342 e. The Morgan fingerprint density at radius 3 is 2.25 bits per heavy atom. The fraction of sp³-hybridized carbons (Fsp3) is 0.429. The molecule has 0 amide bonds. The molecule has 0 bridgehead atoms. The number of rotatable bonds is 8. The van der Waals surface area contributed by atoms with Gasteiger partial charge in [-0.25, -0.2) is 4.79 Å². The lowest BCUT2D eigenvalue weighted by molar-refractivity contribution is 0.0470. The van der Waals surface area contributed by atoms with Crippen LogP contribution in [-0.2, 0) is 4.74 Å². The fourth-order valence-electron chi connectivity index (χ4n) is 3.50. The number of carbonyl (C=O) groups is 2. The normalized spacial score (nSPS) is 13.2. The van der Waals surface area contributed by atoms with Crippen LogP contribution in [0.5, 0.6) is 17.2 Å². The molecule has 0 spiro atoms. The van der Waals surface area contributed by atoms with E-state index in [9.17, 15) is 9.59 Å². The van der Waals surface area contributed by atoms with Crippen LogP contribution in [0.1, 0.15) is 51.0 Å². The molecule has 1 heterocycles. The van der Waals surface area contributed by atoms with Gasteiger partial charge in [0.25, 0.3) is 0 Å². The van der Waals surface area contributed by atoms with E-state index in [4.69, 9.17) is 18.9 Å². The van der Waals surface area contributed by atoms with Gasteiger partial charge in [-0.3, -0.25) is 4.79 Å². The highest BCUT2D eigenvalue weighted by atomic mass is 16.5. The molecule has 1 aromatic heterocycles. The number of ether oxygens (including phenoxy) is 4. The van der Waals surface area contributed by atoms with Gasteiger partial charge in [0, 0.05) is 23.0 Å². The predicted molar refractivity (Wildman–Crippen MR) is 103 cm³/mol. The second kappa shape index (κ2) is 7.96. The summed E-state index contributed by atoms with van der Waals surface area (Å²) in [4.78, 5) is 25.2. The lowest BCUT2D eigenvalue weighted by Gasteiger charge is -2.15. The number of nitrogens with zero attached hydrogens (tertiary/aromatic N) is 1. The highest BCUT2D eigenvalue weighted by Gasteiger charge is 2.29. The SMILES string of the molecule is COc1ccc(C(=O)OCC(=O)c2cc(C)n(C3CC3)c2C)c(OC)c1OC. The molecule has 28 heavy (non-hydrogen) atoms. The molecular formula is C21H25NO6. The van der Waals surface area contributed by atoms with Crippen LogP contribution in [0.15, 0.2) is 18.2 Å². The van der Waals surface area contributed by atoms with Gasteiger partial charge in [-0.2, -0.15) is 0 Å². The number of methoxy groups -OCH3 is 3. The van der Waals surface area contributed by atoms with Crippen LogP contribution in [0, 0.1) is 13.8 Å². The minimum atomic E-state index is -0.665. The number of benzene rings is 1. The second-order valence-corrected chi connectivity index (χ2v) is 6.77. The van der Waals surface area contributed by atoms with E-state index < -0.39 is 5.97 Å². The van der Waals surface area contributed by atoms with Gasteiger partial charge >= 0.3 is 5.97 Å². The second-order valence-electron chi connectivity index (χ2n) is 6.77. The van der Waals surface area contributed by atoms with Gasteiger partial charge in [0.15, 0.2) is 18.1 Å². The van der Waals surface area contributed by atoms with Crippen molar-refractivity contribution in [2.24, 2.45) is 0 Å². The average molecular weight is 387 g/mol. The van der Waals surface area contributed by atoms with E-state index in [0.29, 0.717) is 23.1 Å². The van der Waals surface area contributed by atoms with Crippen molar-refractivity contribution in [1.82, 2.24) is 4.57 Å². The number of esters is 1. The van der Waals surface area contributed by atoms with Crippen molar-refractivity contribution in [3.8, 4) is 17.2 Å². The predicted octanol–water partition coefficient (Wildman–Crippen LogP) is 3.51. The summed E-state index contributed by atoms with van der Waals surface area (Å²) in [5, 5.41) is 0. The highest BCUT2D eigenvalue weighted by Crippen LogP contribution is 2.40. The Balaban J connectivity index is 1.76. The minimum Gasteiger partial charge on any atom is -0.493 e. The van der Waals surface area contributed by atoms with Crippen molar-refractivity contribution in [2.75, 3.05) is 27.9 Å². The molecule has 1 fully saturated rings. The number of carbonyl (C=O) groups excluding carboxylic acids is 2. The summed E-state index contributed by atoms with van der Waals surface area (Å²) >= 11 is 0. The van der Waals surface area contributed by atoms with E-state index in [-0.39, 0.29) is 23.7 Å². The molecule has 0 aliphatic heterocycles. The minimum absolute atomic E-state index is 0.163. The van der Waals surface area contributed by atoms with E-state index in [1.54, 1.807) is 6.07 Å². The molecule has 0 radical (unpaired) electrons. The van der Waals surface area contributed by atoms with E-state index in [1.165, 1.54) is 27.4 Å². The number of aryl methyl sites for hydroxylation is 1. The summed E-state index contributed by atoms with van der Waals surface area (Å²) in [7, 11) is 4.37. The molecule has 1 aliphatic carbocycles. The van der Waals surface area contributed by atoms with E-state index in [0.717, 1.165) is 24.2 Å². The summed E-state index contributed by atoms with van der Waals surface area (Å²) in [5.74, 6) is 0.0272. The van der Waals surface area contributed by atoms with Gasteiger partial charge in [-0.05, 0) is 44.9 Å². The monoisotopic (exact) mass is 387 g/mol. The Morgan fingerprint density at radius 2 is 1.68 bits per heavy atom. The molecule has 150 valence electrons. The molecule has 0 N–H and O–H groups in total. The molecule has 0 saturated heterocycles. The molecule has 0 atom stereocenters. The van der Waals surface area contributed by atoms with Crippen molar-refractivity contribution in [3.63, 3.8) is 0 Å². The quantitative estimate of drug-likeness (QED) is 0.510.